The number of nitrogen functional groups attached to an aromatic ring is 1. The maximum atomic E-state index is 11.3. The van der Waals surface area contributed by atoms with Gasteiger partial charge in [0.1, 0.15) is 0 Å². The standard InChI is InChI=1S/C15H16N4O/c1-19(9-10-3-2-4-11(16)7-10)12-5-6-13-14(8-12)18-15(20)17-13/h2-8H,9,16H2,1H3,(H2,17,18,20). The fraction of sp³-hybridized carbons (Fsp3) is 0.133. The summed E-state index contributed by atoms with van der Waals surface area (Å²) in [5, 5.41) is 0. The maximum absolute atomic E-state index is 11.3. The normalized spacial score (nSPS) is 10.8. The van der Waals surface area contributed by atoms with Crippen LogP contribution in [0.5, 0.6) is 0 Å². The first-order valence-corrected chi connectivity index (χ1v) is 6.39. The number of aromatic amines is 2. The minimum absolute atomic E-state index is 0.185. The molecular formula is C15H16N4O. The number of rotatable bonds is 3. The average Bonchev–Trinajstić information content (AvgIpc) is 2.77. The summed E-state index contributed by atoms with van der Waals surface area (Å²) in [5.41, 5.74) is 10.2. The van der Waals surface area contributed by atoms with Crippen molar-refractivity contribution in [2.75, 3.05) is 17.7 Å². The van der Waals surface area contributed by atoms with Gasteiger partial charge in [-0.15, -0.1) is 0 Å². The van der Waals surface area contributed by atoms with E-state index >= 15 is 0 Å². The molecule has 0 unspecified atom stereocenters. The smallest absolute Gasteiger partial charge is 0.323 e. The molecule has 0 spiro atoms. The second kappa shape index (κ2) is 4.77. The number of benzene rings is 2. The van der Waals surface area contributed by atoms with Gasteiger partial charge in [-0.05, 0) is 35.9 Å². The molecule has 102 valence electrons. The van der Waals surface area contributed by atoms with Crippen molar-refractivity contribution in [1.82, 2.24) is 9.97 Å². The number of imidazole rings is 1. The van der Waals surface area contributed by atoms with Crippen LogP contribution in [0.4, 0.5) is 11.4 Å². The molecular weight excluding hydrogens is 252 g/mol. The molecule has 0 aliphatic carbocycles. The molecule has 0 radical (unpaired) electrons. The number of nitrogens with two attached hydrogens (primary N) is 1. The molecule has 0 bridgehead atoms. The number of fused-ring (bicyclic) bond motifs is 1. The predicted octanol–water partition coefficient (Wildman–Crippen LogP) is 2.07. The van der Waals surface area contributed by atoms with Crippen molar-refractivity contribution in [2.24, 2.45) is 0 Å². The minimum Gasteiger partial charge on any atom is -0.399 e. The summed E-state index contributed by atoms with van der Waals surface area (Å²) in [4.78, 5) is 18.9. The Morgan fingerprint density at radius 1 is 1.10 bits per heavy atom. The van der Waals surface area contributed by atoms with Gasteiger partial charge in [0.05, 0.1) is 11.0 Å². The molecule has 5 heteroatoms. The first kappa shape index (κ1) is 12.3. The van der Waals surface area contributed by atoms with Crippen LogP contribution >= 0.6 is 0 Å². The molecule has 1 heterocycles. The van der Waals surface area contributed by atoms with Crippen LogP contribution in [0.15, 0.2) is 47.3 Å². The van der Waals surface area contributed by atoms with E-state index < -0.39 is 0 Å². The van der Waals surface area contributed by atoms with Gasteiger partial charge in [-0.1, -0.05) is 12.1 Å². The summed E-state index contributed by atoms with van der Waals surface area (Å²) < 4.78 is 0. The van der Waals surface area contributed by atoms with Gasteiger partial charge < -0.3 is 20.6 Å². The quantitative estimate of drug-likeness (QED) is 0.636. The lowest BCUT2D eigenvalue weighted by molar-refractivity contribution is 0.924. The molecule has 0 atom stereocenters. The first-order chi connectivity index (χ1) is 9.61. The third kappa shape index (κ3) is 2.38. The Morgan fingerprint density at radius 2 is 1.90 bits per heavy atom. The largest absolute Gasteiger partial charge is 0.399 e. The monoisotopic (exact) mass is 268 g/mol. The van der Waals surface area contributed by atoms with Crippen LogP contribution in [0, 0.1) is 0 Å². The second-order valence-corrected chi connectivity index (χ2v) is 4.91. The number of nitrogens with zero attached hydrogens (tertiary/aromatic N) is 1. The molecule has 5 nitrogen and oxygen atoms in total. The van der Waals surface area contributed by atoms with Crippen LogP contribution in [0.1, 0.15) is 5.56 Å². The fourth-order valence-electron chi connectivity index (χ4n) is 2.31. The summed E-state index contributed by atoms with van der Waals surface area (Å²) in [6, 6.07) is 13.7. The van der Waals surface area contributed by atoms with Crippen molar-refractivity contribution in [3.8, 4) is 0 Å². The van der Waals surface area contributed by atoms with Crippen molar-refractivity contribution >= 4 is 22.4 Å². The van der Waals surface area contributed by atoms with Gasteiger partial charge in [0.15, 0.2) is 0 Å². The van der Waals surface area contributed by atoms with Gasteiger partial charge >= 0.3 is 5.69 Å². The highest BCUT2D eigenvalue weighted by molar-refractivity contribution is 5.78. The van der Waals surface area contributed by atoms with E-state index in [0.717, 1.165) is 34.5 Å². The molecule has 2 aromatic carbocycles. The van der Waals surface area contributed by atoms with Crippen LogP contribution in [0.2, 0.25) is 0 Å². The Hall–Kier alpha value is -2.69. The molecule has 0 aliphatic rings. The zero-order valence-electron chi connectivity index (χ0n) is 11.2. The number of hydrogen-bond donors (Lipinski definition) is 3. The summed E-state index contributed by atoms with van der Waals surface area (Å²) >= 11 is 0. The third-order valence-electron chi connectivity index (χ3n) is 3.31. The molecule has 3 aromatic rings. The highest BCUT2D eigenvalue weighted by Gasteiger charge is 2.05. The number of H-pyrrole nitrogens is 2. The average molecular weight is 268 g/mol. The second-order valence-electron chi connectivity index (χ2n) is 4.91. The van der Waals surface area contributed by atoms with E-state index in [1.165, 1.54) is 0 Å². The fourth-order valence-corrected chi connectivity index (χ4v) is 2.31. The van der Waals surface area contributed by atoms with Crippen molar-refractivity contribution in [3.05, 3.63) is 58.5 Å². The Balaban J connectivity index is 1.88. The number of hydrogen-bond acceptors (Lipinski definition) is 3. The lowest BCUT2D eigenvalue weighted by Crippen LogP contribution is -2.16. The van der Waals surface area contributed by atoms with Crippen molar-refractivity contribution in [3.63, 3.8) is 0 Å². The molecule has 0 saturated heterocycles. The van der Waals surface area contributed by atoms with E-state index in [9.17, 15) is 4.79 Å². The van der Waals surface area contributed by atoms with Crippen molar-refractivity contribution < 1.29 is 0 Å². The van der Waals surface area contributed by atoms with Gasteiger partial charge in [0.25, 0.3) is 0 Å². The van der Waals surface area contributed by atoms with E-state index in [4.69, 9.17) is 5.73 Å². The summed E-state index contributed by atoms with van der Waals surface area (Å²) in [6.07, 6.45) is 0. The highest BCUT2D eigenvalue weighted by atomic mass is 16.1. The Labute approximate surface area is 116 Å². The van der Waals surface area contributed by atoms with Gasteiger partial charge in [-0.25, -0.2) is 4.79 Å². The van der Waals surface area contributed by atoms with Gasteiger partial charge in [0, 0.05) is 25.0 Å². The maximum Gasteiger partial charge on any atom is 0.323 e. The van der Waals surface area contributed by atoms with Gasteiger partial charge in [-0.2, -0.15) is 0 Å². The van der Waals surface area contributed by atoms with E-state index in [-0.39, 0.29) is 5.69 Å². The van der Waals surface area contributed by atoms with Crippen LogP contribution < -0.4 is 16.3 Å². The van der Waals surface area contributed by atoms with E-state index in [0.29, 0.717) is 0 Å². The molecule has 0 amide bonds. The SMILES string of the molecule is CN(Cc1cccc(N)c1)c1ccc2[nH]c(=O)[nH]c2c1. The molecule has 20 heavy (non-hydrogen) atoms. The number of anilines is 2. The Kier molecular flexibility index (Phi) is 2.95. The summed E-state index contributed by atoms with van der Waals surface area (Å²) in [7, 11) is 2.01. The minimum atomic E-state index is -0.185. The molecule has 0 fully saturated rings. The zero-order valence-corrected chi connectivity index (χ0v) is 11.2. The molecule has 1 aromatic heterocycles. The van der Waals surface area contributed by atoms with Gasteiger partial charge in [0.2, 0.25) is 0 Å². The summed E-state index contributed by atoms with van der Waals surface area (Å²) in [5.74, 6) is 0. The summed E-state index contributed by atoms with van der Waals surface area (Å²) in [6.45, 7) is 0.755. The molecule has 4 N–H and O–H groups in total. The van der Waals surface area contributed by atoms with Crippen LogP contribution in [-0.2, 0) is 6.54 Å². The Bertz CT molecular complexity index is 803. The number of nitrogens with one attached hydrogen (secondary N) is 2. The van der Waals surface area contributed by atoms with Crippen LogP contribution in [-0.4, -0.2) is 17.0 Å². The van der Waals surface area contributed by atoms with Crippen LogP contribution in [0.3, 0.4) is 0 Å². The van der Waals surface area contributed by atoms with Crippen LogP contribution in [0.25, 0.3) is 11.0 Å². The predicted molar refractivity (Wildman–Crippen MR) is 81.9 cm³/mol. The molecule has 0 aliphatic heterocycles. The highest BCUT2D eigenvalue weighted by Crippen LogP contribution is 2.20. The van der Waals surface area contributed by atoms with E-state index in [2.05, 4.69) is 14.9 Å². The zero-order chi connectivity index (χ0) is 14.1. The van der Waals surface area contributed by atoms with E-state index in [1.54, 1.807) is 0 Å². The topological polar surface area (TPSA) is 77.9 Å². The first-order valence-electron chi connectivity index (χ1n) is 6.39. The lowest BCUT2D eigenvalue weighted by atomic mass is 10.2. The molecule has 0 saturated carbocycles. The van der Waals surface area contributed by atoms with Crippen molar-refractivity contribution in [1.29, 1.82) is 0 Å². The number of aromatic nitrogens is 2. The van der Waals surface area contributed by atoms with Crippen molar-refractivity contribution in [2.45, 2.75) is 6.54 Å². The lowest BCUT2D eigenvalue weighted by Gasteiger charge is -2.19. The van der Waals surface area contributed by atoms with E-state index in [1.807, 2.05) is 49.5 Å². The third-order valence-corrected chi connectivity index (χ3v) is 3.31. The Morgan fingerprint density at radius 3 is 2.70 bits per heavy atom. The molecule has 3 rings (SSSR count). The van der Waals surface area contributed by atoms with Gasteiger partial charge in [-0.3, -0.25) is 0 Å².